The molecule has 3 aromatic rings. The van der Waals surface area contributed by atoms with Gasteiger partial charge < -0.3 is 4.74 Å². The van der Waals surface area contributed by atoms with Crippen LogP contribution in [0.1, 0.15) is 22.4 Å². The average molecular weight is 347 g/mol. The van der Waals surface area contributed by atoms with Crippen LogP contribution in [0.25, 0.3) is 11.1 Å². The Hall–Kier alpha value is -3.23. The molecule has 4 nitrogen and oxygen atoms in total. The Bertz CT molecular complexity index is 913. The first-order valence-electron chi connectivity index (χ1n) is 8.26. The van der Waals surface area contributed by atoms with E-state index in [9.17, 15) is 0 Å². The molecule has 3 rings (SSSR count). The van der Waals surface area contributed by atoms with Crippen molar-refractivity contribution >= 4 is 6.15 Å². The van der Waals surface area contributed by atoms with E-state index in [0.29, 0.717) is 6.61 Å². The SMILES string of the molecule is Cc1ccccc1-c1cc(OCc2ncccc2C)ccc1C.O=C=O. The van der Waals surface area contributed by atoms with E-state index in [1.54, 1.807) is 6.20 Å². The van der Waals surface area contributed by atoms with Crippen molar-refractivity contribution in [3.8, 4) is 16.9 Å². The highest BCUT2D eigenvalue weighted by Gasteiger charge is 2.07. The van der Waals surface area contributed by atoms with Gasteiger partial charge in [0.1, 0.15) is 12.4 Å². The lowest BCUT2D eigenvalue weighted by atomic mass is 9.96. The molecule has 132 valence electrons. The second kappa shape index (κ2) is 9.30. The molecule has 0 N–H and O–H groups in total. The topological polar surface area (TPSA) is 56.3 Å². The fourth-order valence-corrected chi connectivity index (χ4v) is 2.68. The van der Waals surface area contributed by atoms with Gasteiger partial charge in [0.15, 0.2) is 0 Å². The number of benzene rings is 2. The quantitative estimate of drug-likeness (QED) is 0.688. The molecule has 0 atom stereocenters. The number of carbonyl (C=O) groups excluding carboxylic acids is 2. The maximum absolute atomic E-state index is 8.12. The molecule has 0 bridgehead atoms. The van der Waals surface area contributed by atoms with Crippen molar-refractivity contribution < 1.29 is 14.3 Å². The largest absolute Gasteiger partial charge is 0.487 e. The predicted molar refractivity (Wildman–Crippen MR) is 99.7 cm³/mol. The maximum Gasteiger partial charge on any atom is 0.373 e. The summed E-state index contributed by atoms with van der Waals surface area (Å²) in [6.45, 7) is 6.82. The summed E-state index contributed by atoms with van der Waals surface area (Å²) in [6, 6.07) is 18.7. The van der Waals surface area contributed by atoms with Gasteiger partial charge in [0.2, 0.25) is 0 Å². The monoisotopic (exact) mass is 347 g/mol. The van der Waals surface area contributed by atoms with Crippen molar-refractivity contribution in [1.29, 1.82) is 0 Å². The molecule has 1 heterocycles. The molecule has 0 aliphatic heterocycles. The molecule has 0 aliphatic carbocycles. The molecule has 0 spiro atoms. The molecule has 0 saturated heterocycles. The molecule has 4 heteroatoms. The van der Waals surface area contributed by atoms with Crippen LogP contribution in [0.3, 0.4) is 0 Å². The number of rotatable bonds is 4. The summed E-state index contributed by atoms with van der Waals surface area (Å²) in [4.78, 5) is 20.6. The summed E-state index contributed by atoms with van der Waals surface area (Å²) in [7, 11) is 0. The van der Waals surface area contributed by atoms with E-state index in [-0.39, 0.29) is 6.15 Å². The lowest BCUT2D eigenvalue weighted by Crippen LogP contribution is -2.00. The standard InChI is InChI=1S/C21H21NO.CO2/c1-15-7-4-5-9-19(15)20-13-18(11-10-16(20)2)23-14-21-17(3)8-6-12-22-21;2-1-3/h4-13H,14H2,1-3H3;. The molecule has 26 heavy (non-hydrogen) atoms. The van der Waals surface area contributed by atoms with Crippen LogP contribution < -0.4 is 4.74 Å². The Kier molecular flexibility index (Phi) is 6.84. The first kappa shape index (κ1) is 19.1. The molecule has 0 amide bonds. The van der Waals surface area contributed by atoms with Gasteiger partial charge in [-0.05, 0) is 66.8 Å². The average Bonchev–Trinajstić information content (AvgIpc) is 2.63. The van der Waals surface area contributed by atoms with Gasteiger partial charge in [-0.3, -0.25) is 4.98 Å². The first-order chi connectivity index (χ1) is 12.6. The summed E-state index contributed by atoms with van der Waals surface area (Å²) in [5.74, 6) is 0.874. The van der Waals surface area contributed by atoms with Crippen LogP contribution in [0.5, 0.6) is 5.75 Å². The van der Waals surface area contributed by atoms with Crippen LogP contribution in [-0.4, -0.2) is 11.1 Å². The van der Waals surface area contributed by atoms with Gasteiger partial charge in [0, 0.05) is 6.20 Å². The van der Waals surface area contributed by atoms with Crippen LogP contribution in [0.2, 0.25) is 0 Å². The van der Waals surface area contributed by atoms with E-state index in [1.807, 2.05) is 12.1 Å². The van der Waals surface area contributed by atoms with Crippen molar-refractivity contribution in [1.82, 2.24) is 4.98 Å². The van der Waals surface area contributed by atoms with Gasteiger partial charge in [-0.25, -0.2) is 0 Å². The zero-order valence-electron chi connectivity index (χ0n) is 15.2. The molecule has 0 aliphatic rings. The summed E-state index contributed by atoms with van der Waals surface area (Å²) in [5.41, 5.74) is 7.13. The highest BCUT2D eigenvalue weighted by atomic mass is 16.5. The summed E-state index contributed by atoms with van der Waals surface area (Å²) in [5, 5.41) is 0. The molecule has 2 aromatic carbocycles. The minimum atomic E-state index is 0.250. The predicted octanol–water partition coefficient (Wildman–Crippen LogP) is 4.67. The number of hydrogen-bond acceptors (Lipinski definition) is 4. The third-order valence-electron chi connectivity index (χ3n) is 4.14. The second-order valence-electron chi connectivity index (χ2n) is 5.93. The highest BCUT2D eigenvalue weighted by molar-refractivity contribution is 5.71. The van der Waals surface area contributed by atoms with E-state index >= 15 is 0 Å². The molecule has 0 radical (unpaired) electrons. The maximum atomic E-state index is 8.12. The second-order valence-corrected chi connectivity index (χ2v) is 5.93. The third kappa shape index (κ3) is 4.88. The number of aryl methyl sites for hydroxylation is 3. The zero-order valence-corrected chi connectivity index (χ0v) is 15.2. The number of aromatic nitrogens is 1. The number of ether oxygens (including phenoxy) is 1. The van der Waals surface area contributed by atoms with Gasteiger partial charge in [-0.1, -0.05) is 36.4 Å². The minimum absolute atomic E-state index is 0.250. The van der Waals surface area contributed by atoms with Crippen LogP contribution in [-0.2, 0) is 16.2 Å². The van der Waals surface area contributed by atoms with Crippen LogP contribution >= 0.6 is 0 Å². The van der Waals surface area contributed by atoms with Crippen LogP contribution in [0.4, 0.5) is 0 Å². The van der Waals surface area contributed by atoms with E-state index in [4.69, 9.17) is 14.3 Å². The van der Waals surface area contributed by atoms with E-state index in [0.717, 1.165) is 17.0 Å². The number of nitrogens with zero attached hydrogens (tertiary/aromatic N) is 1. The Labute approximate surface area is 153 Å². The molecule has 0 saturated carbocycles. The molecule has 1 aromatic heterocycles. The first-order valence-corrected chi connectivity index (χ1v) is 8.26. The summed E-state index contributed by atoms with van der Waals surface area (Å²) >= 11 is 0. The van der Waals surface area contributed by atoms with Crippen molar-refractivity contribution in [2.24, 2.45) is 0 Å². The summed E-state index contributed by atoms with van der Waals surface area (Å²) in [6.07, 6.45) is 2.06. The normalized spacial score (nSPS) is 9.65. The van der Waals surface area contributed by atoms with Crippen molar-refractivity contribution in [2.45, 2.75) is 27.4 Å². The summed E-state index contributed by atoms with van der Waals surface area (Å²) < 4.78 is 5.97. The fourth-order valence-electron chi connectivity index (χ4n) is 2.68. The molecular formula is C22H21NO3. The highest BCUT2D eigenvalue weighted by Crippen LogP contribution is 2.30. The van der Waals surface area contributed by atoms with Gasteiger partial charge in [-0.15, -0.1) is 0 Å². The van der Waals surface area contributed by atoms with E-state index < -0.39 is 0 Å². The van der Waals surface area contributed by atoms with Gasteiger partial charge >= 0.3 is 6.15 Å². The van der Waals surface area contributed by atoms with Gasteiger partial charge in [0.05, 0.1) is 5.69 Å². The smallest absolute Gasteiger partial charge is 0.373 e. The zero-order chi connectivity index (χ0) is 18.9. The lowest BCUT2D eigenvalue weighted by Gasteiger charge is -2.13. The van der Waals surface area contributed by atoms with Gasteiger partial charge in [-0.2, -0.15) is 9.59 Å². The Balaban J connectivity index is 0.000000758. The third-order valence-corrected chi connectivity index (χ3v) is 4.14. The molecule has 0 fully saturated rings. The van der Waals surface area contributed by atoms with Crippen molar-refractivity contribution in [3.63, 3.8) is 0 Å². The number of pyridine rings is 1. The van der Waals surface area contributed by atoms with Crippen LogP contribution in [0.15, 0.2) is 60.8 Å². The Morgan fingerprint density at radius 2 is 1.50 bits per heavy atom. The number of hydrogen-bond donors (Lipinski definition) is 0. The molecule has 0 unspecified atom stereocenters. The van der Waals surface area contributed by atoms with Gasteiger partial charge in [0.25, 0.3) is 0 Å². The van der Waals surface area contributed by atoms with Crippen molar-refractivity contribution in [3.05, 3.63) is 83.2 Å². The Morgan fingerprint density at radius 1 is 0.846 bits per heavy atom. The van der Waals surface area contributed by atoms with Crippen molar-refractivity contribution in [2.75, 3.05) is 0 Å². The van der Waals surface area contributed by atoms with E-state index in [1.165, 1.54) is 22.3 Å². The molecular weight excluding hydrogens is 326 g/mol. The minimum Gasteiger partial charge on any atom is -0.487 e. The fraction of sp³-hybridized carbons (Fsp3) is 0.182. The lowest BCUT2D eigenvalue weighted by molar-refractivity contribution is -0.191. The van der Waals surface area contributed by atoms with Crippen LogP contribution in [0, 0.1) is 20.8 Å². The Morgan fingerprint density at radius 3 is 2.19 bits per heavy atom. The van der Waals surface area contributed by atoms with E-state index in [2.05, 4.69) is 68.2 Å².